The fourth-order valence-electron chi connectivity index (χ4n) is 9.49. The fraction of sp³-hybridized carbons (Fsp3) is 0.825. The zero-order chi connectivity index (χ0) is 54.0. The van der Waals surface area contributed by atoms with Crippen molar-refractivity contribution in [2.75, 3.05) is 13.2 Å². The Balaban J connectivity index is 2.23. The van der Waals surface area contributed by atoms with Gasteiger partial charge in [0.05, 0.1) is 25.4 Å². The van der Waals surface area contributed by atoms with E-state index in [2.05, 4.69) is 79.9 Å². The third-order valence-corrected chi connectivity index (χ3v) is 14.5. The molecule has 0 saturated carbocycles. The number of allylic oxidation sites excluding steroid dienone is 10. The number of hydrogen-bond donors (Lipinski definition) is 8. The van der Waals surface area contributed by atoms with Crippen molar-refractivity contribution in [2.45, 2.75) is 319 Å². The monoisotopic (exact) mass is 1050 g/mol. The van der Waals surface area contributed by atoms with Crippen molar-refractivity contribution < 1.29 is 50.0 Å². The van der Waals surface area contributed by atoms with Gasteiger partial charge in [0, 0.05) is 0 Å². The van der Waals surface area contributed by atoms with Crippen LogP contribution in [0.15, 0.2) is 60.8 Å². The predicted molar refractivity (Wildman–Crippen MR) is 307 cm³/mol. The second-order valence-corrected chi connectivity index (χ2v) is 21.4. The number of ether oxygens (including phenoxy) is 2. The van der Waals surface area contributed by atoms with Crippen molar-refractivity contribution in [1.82, 2.24) is 5.32 Å². The summed E-state index contributed by atoms with van der Waals surface area (Å²) in [5.74, 6) is -0.712. The van der Waals surface area contributed by atoms with Crippen LogP contribution in [0.4, 0.5) is 0 Å². The van der Waals surface area contributed by atoms with E-state index in [0.29, 0.717) is 19.3 Å². The molecule has 1 heterocycles. The van der Waals surface area contributed by atoms with E-state index in [9.17, 15) is 40.5 Å². The Morgan fingerprint density at radius 3 is 1.32 bits per heavy atom. The Hall–Kier alpha value is -2.19. The van der Waals surface area contributed by atoms with E-state index in [0.717, 1.165) is 57.8 Å². The van der Waals surface area contributed by atoms with Gasteiger partial charge in [0.15, 0.2) is 6.29 Å². The van der Waals surface area contributed by atoms with E-state index in [-0.39, 0.29) is 12.8 Å². The molecule has 1 amide bonds. The minimum absolute atomic E-state index is 0.239. The first kappa shape index (κ1) is 69.8. The maximum Gasteiger partial charge on any atom is 0.249 e. The summed E-state index contributed by atoms with van der Waals surface area (Å²) in [7, 11) is 0. The van der Waals surface area contributed by atoms with Crippen molar-refractivity contribution in [2.24, 2.45) is 0 Å². The number of amides is 1. The van der Waals surface area contributed by atoms with Gasteiger partial charge < -0.3 is 50.5 Å². The number of aliphatic hydroxyl groups is 7. The summed E-state index contributed by atoms with van der Waals surface area (Å²) in [6.45, 7) is 3.40. The Kier molecular flexibility index (Phi) is 48.7. The first-order chi connectivity index (χ1) is 36.2. The van der Waals surface area contributed by atoms with Gasteiger partial charge in [-0.05, 0) is 89.9 Å². The molecule has 0 radical (unpaired) electrons. The van der Waals surface area contributed by atoms with Gasteiger partial charge in [0.25, 0.3) is 0 Å². The molecule has 1 aliphatic rings. The maximum atomic E-state index is 13.2. The molecule has 9 unspecified atom stereocenters. The highest BCUT2D eigenvalue weighted by Gasteiger charge is 2.44. The number of carbonyl (C=O) groups excluding carboxylic acids is 1. The van der Waals surface area contributed by atoms with Crippen molar-refractivity contribution in [3.05, 3.63) is 60.8 Å². The second-order valence-electron chi connectivity index (χ2n) is 21.4. The molecule has 0 aromatic heterocycles. The summed E-state index contributed by atoms with van der Waals surface area (Å²) in [6.07, 6.45) is 55.8. The van der Waals surface area contributed by atoms with Crippen LogP contribution >= 0.6 is 0 Å². The number of unbranched alkanes of at least 4 members (excludes halogenated alkanes) is 30. The third-order valence-electron chi connectivity index (χ3n) is 14.5. The smallest absolute Gasteiger partial charge is 0.249 e. The zero-order valence-electron chi connectivity index (χ0n) is 47.3. The Morgan fingerprint density at radius 1 is 0.473 bits per heavy atom. The number of nitrogens with one attached hydrogen (secondary N) is 1. The number of hydrogen-bond acceptors (Lipinski definition) is 10. The quantitative estimate of drug-likeness (QED) is 0.0215. The normalized spacial score (nSPS) is 20.3. The van der Waals surface area contributed by atoms with Crippen LogP contribution in [0.1, 0.15) is 264 Å². The molecule has 9 atom stereocenters. The molecule has 0 aromatic carbocycles. The highest BCUT2D eigenvalue weighted by molar-refractivity contribution is 5.80. The van der Waals surface area contributed by atoms with Gasteiger partial charge in [0.1, 0.15) is 36.6 Å². The molecule has 11 nitrogen and oxygen atoms in total. The van der Waals surface area contributed by atoms with Crippen LogP contribution in [0, 0.1) is 0 Å². The number of aliphatic hydroxyl groups excluding tert-OH is 7. The molecule has 0 bridgehead atoms. The van der Waals surface area contributed by atoms with Crippen LogP contribution in [-0.4, -0.2) is 110 Å². The van der Waals surface area contributed by atoms with Crippen molar-refractivity contribution in [3.8, 4) is 0 Å². The Bertz CT molecular complexity index is 1380. The lowest BCUT2D eigenvalue weighted by molar-refractivity contribution is -0.303. The van der Waals surface area contributed by atoms with Crippen molar-refractivity contribution in [1.29, 1.82) is 0 Å². The van der Waals surface area contributed by atoms with Crippen LogP contribution in [-0.2, 0) is 14.3 Å². The molecule has 0 aromatic rings. The second kappa shape index (κ2) is 51.6. The van der Waals surface area contributed by atoms with Crippen LogP contribution < -0.4 is 5.32 Å². The van der Waals surface area contributed by atoms with Crippen LogP contribution in [0.25, 0.3) is 0 Å². The van der Waals surface area contributed by atoms with Crippen LogP contribution in [0.2, 0.25) is 0 Å². The summed E-state index contributed by atoms with van der Waals surface area (Å²) in [4.78, 5) is 13.2. The molecule has 1 saturated heterocycles. The topological polar surface area (TPSA) is 189 Å². The summed E-state index contributed by atoms with van der Waals surface area (Å²) >= 11 is 0. The largest absolute Gasteiger partial charge is 0.394 e. The molecule has 1 rings (SSSR count). The predicted octanol–water partition coefficient (Wildman–Crippen LogP) is 13.4. The lowest BCUT2D eigenvalue weighted by Gasteiger charge is -2.40. The molecule has 8 N–H and O–H groups in total. The number of carbonyl (C=O) groups is 1. The van der Waals surface area contributed by atoms with Crippen LogP contribution in [0.5, 0.6) is 0 Å². The number of rotatable bonds is 52. The fourth-order valence-corrected chi connectivity index (χ4v) is 9.49. The van der Waals surface area contributed by atoms with Crippen LogP contribution in [0.3, 0.4) is 0 Å². The molecule has 1 fully saturated rings. The SMILES string of the molecule is CCCC/C=C/CC/C=C/CC/C=C/CCCC(O)C(O)C(COC1OC(CO)C(O)C(O)C1O)NC(=O)C(O)CCCCCCCCCCCCCCCCCC/C=C\C/C=C\CCCCCCCCCCC. The van der Waals surface area contributed by atoms with E-state index < -0.39 is 74.2 Å². The molecule has 74 heavy (non-hydrogen) atoms. The Morgan fingerprint density at radius 2 is 0.865 bits per heavy atom. The highest BCUT2D eigenvalue weighted by atomic mass is 16.7. The minimum Gasteiger partial charge on any atom is -0.394 e. The minimum atomic E-state index is -1.67. The average molecular weight is 1050 g/mol. The zero-order valence-corrected chi connectivity index (χ0v) is 47.3. The van der Waals surface area contributed by atoms with E-state index in [1.807, 2.05) is 0 Å². The van der Waals surface area contributed by atoms with Gasteiger partial charge in [-0.25, -0.2) is 0 Å². The molecular formula is C63H115NO10. The maximum absolute atomic E-state index is 13.2. The third kappa shape index (κ3) is 39.2. The van der Waals surface area contributed by atoms with E-state index in [1.165, 1.54) is 161 Å². The van der Waals surface area contributed by atoms with E-state index in [4.69, 9.17) is 9.47 Å². The molecule has 11 heteroatoms. The first-order valence-corrected chi connectivity index (χ1v) is 30.7. The molecule has 0 aliphatic carbocycles. The van der Waals surface area contributed by atoms with E-state index >= 15 is 0 Å². The standard InChI is InChI=1S/C63H115NO10/c1-3-5-7-9-11-13-15-17-19-20-21-22-23-24-25-26-27-28-29-30-31-32-33-34-35-37-39-41-43-45-47-49-51-56(67)62(72)64-54(53-73-63-61(71)60(70)59(69)57(52-65)74-63)58(68)55(66)50-48-46-44-42-40-38-36-18-16-14-12-10-8-6-4-2/h10,12,18,21-22,24-25,36,42,44,54-61,63,65-71H,3-9,11,13-17,19-20,23,26-35,37-41,43,45-53H2,1-2H3,(H,64,72)/b12-10+,22-21-,25-24-,36-18+,44-42+. The summed E-state index contributed by atoms with van der Waals surface area (Å²) in [5, 5.41) is 76.1. The molecule has 0 spiro atoms. The molecule has 1 aliphatic heterocycles. The summed E-state index contributed by atoms with van der Waals surface area (Å²) in [6, 6.07) is -1.20. The molecule has 432 valence electrons. The lowest BCUT2D eigenvalue weighted by atomic mass is 9.98. The summed E-state index contributed by atoms with van der Waals surface area (Å²) < 4.78 is 11.1. The lowest BCUT2D eigenvalue weighted by Crippen LogP contribution is -2.60. The molecular weight excluding hydrogens is 931 g/mol. The Labute approximate surface area is 452 Å². The average Bonchev–Trinajstić information content (AvgIpc) is 3.40. The van der Waals surface area contributed by atoms with Gasteiger partial charge in [-0.1, -0.05) is 235 Å². The van der Waals surface area contributed by atoms with Crippen molar-refractivity contribution >= 4 is 5.91 Å². The van der Waals surface area contributed by atoms with Gasteiger partial charge in [-0.2, -0.15) is 0 Å². The van der Waals surface area contributed by atoms with Gasteiger partial charge in [-0.3, -0.25) is 4.79 Å². The highest BCUT2D eigenvalue weighted by Crippen LogP contribution is 2.23. The van der Waals surface area contributed by atoms with Gasteiger partial charge >= 0.3 is 0 Å². The van der Waals surface area contributed by atoms with E-state index in [1.54, 1.807) is 0 Å². The first-order valence-electron chi connectivity index (χ1n) is 30.7. The van der Waals surface area contributed by atoms with Gasteiger partial charge in [-0.15, -0.1) is 0 Å². The summed E-state index contributed by atoms with van der Waals surface area (Å²) in [5.41, 5.74) is 0. The van der Waals surface area contributed by atoms with Crippen molar-refractivity contribution in [3.63, 3.8) is 0 Å². The van der Waals surface area contributed by atoms with Gasteiger partial charge in [0.2, 0.25) is 5.91 Å².